The Labute approximate surface area is 119 Å². The molecule has 110 valence electrons. The van der Waals surface area contributed by atoms with Crippen LogP contribution >= 0.6 is 0 Å². The van der Waals surface area contributed by atoms with E-state index in [1.807, 2.05) is 0 Å². The number of carbonyl (C=O) groups is 1. The van der Waals surface area contributed by atoms with E-state index in [0.29, 0.717) is 5.56 Å². The molecule has 20 heavy (non-hydrogen) atoms. The number of piperidine rings is 1. The Bertz CT molecular complexity index is 484. The zero-order chi connectivity index (χ0) is 14.7. The van der Waals surface area contributed by atoms with Crippen LogP contribution in [0.2, 0.25) is 0 Å². The molecule has 0 radical (unpaired) electrons. The van der Waals surface area contributed by atoms with E-state index < -0.39 is 5.82 Å². The van der Waals surface area contributed by atoms with Gasteiger partial charge < -0.3 is 15.5 Å². The number of nitrogens with two attached hydrogens (primary N) is 1. The van der Waals surface area contributed by atoms with Gasteiger partial charge in [0.2, 0.25) is 0 Å². The molecule has 1 aromatic carbocycles. The first kappa shape index (κ1) is 14.8. The van der Waals surface area contributed by atoms with E-state index in [9.17, 15) is 9.18 Å². The minimum absolute atomic E-state index is 0.0699. The number of nitrogens with zero attached hydrogens (tertiary/aromatic N) is 2. The topological polar surface area (TPSA) is 49.6 Å². The maximum absolute atomic E-state index is 13.4. The van der Waals surface area contributed by atoms with Crippen molar-refractivity contribution in [1.29, 1.82) is 0 Å². The van der Waals surface area contributed by atoms with Crippen LogP contribution in [0.1, 0.15) is 30.1 Å². The smallest absolute Gasteiger partial charge is 0.253 e. The van der Waals surface area contributed by atoms with Gasteiger partial charge in [-0.3, -0.25) is 4.79 Å². The van der Waals surface area contributed by atoms with Crippen molar-refractivity contribution in [3.8, 4) is 0 Å². The molecule has 0 aromatic heterocycles. The second-order valence-corrected chi connectivity index (χ2v) is 5.32. The molecule has 1 heterocycles. The largest absolute Gasteiger partial charge is 0.396 e. The van der Waals surface area contributed by atoms with Gasteiger partial charge in [0.05, 0.1) is 5.69 Å². The van der Waals surface area contributed by atoms with Gasteiger partial charge in [-0.1, -0.05) is 6.92 Å². The Morgan fingerprint density at radius 1 is 1.45 bits per heavy atom. The maximum atomic E-state index is 13.4. The number of benzene rings is 1. The summed E-state index contributed by atoms with van der Waals surface area (Å²) in [6, 6.07) is 4.47. The van der Waals surface area contributed by atoms with Crippen LogP contribution in [0, 0.1) is 5.82 Å². The Hall–Kier alpha value is -1.62. The molecule has 0 bridgehead atoms. The lowest BCUT2D eigenvalue weighted by Crippen LogP contribution is -2.45. The van der Waals surface area contributed by atoms with Gasteiger partial charge in [-0.15, -0.1) is 0 Å². The Balaban J connectivity index is 2.03. The van der Waals surface area contributed by atoms with Crippen LogP contribution in [0.25, 0.3) is 0 Å². The number of amides is 1. The van der Waals surface area contributed by atoms with Crippen LogP contribution in [0.4, 0.5) is 10.1 Å². The highest BCUT2D eigenvalue weighted by Gasteiger charge is 2.25. The number of likely N-dealkylation sites (tertiary alicyclic amines) is 1. The molecule has 0 unspecified atom stereocenters. The quantitative estimate of drug-likeness (QED) is 0.861. The average molecular weight is 279 g/mol. The molecule has 5 heteroatoms. The molecular weight excluding hydrogens is 257 g/mol. The molecule has 1 saturated heterocycles. The highest BCUT2D eigenvalue weighted by molar-refractivity contribution is 5.94. The molecule has 1 aliphatic rings. The first-order valence-corrected chi connectivity index (χ1v) is 7.07. The second kappa shape index (κ2) is 6.22. The summed E-state index contributed by atoms with van der Waals surface area (Å²) in [5.74, 6) is -0.677. The van der Waals surface area contributed by atoms with E-state index in [0.717, 1.165) is 32.5 Å². The Kier molecular flexibility index (Phi) is 4.60. The van der Waals surface area contributed by atoms with Crippen LogP contribution in [0.15, 0.2) is 18.2 Å². The van der Waals surface area contributed by atoms with Crippen molar-refractivity contribution in [1.82, 2.24) is 9.80 Å². The zero-order valence-electron chi connectivity index (χ0n) is 12.1. The highest BCUT2D eigenvalue weighted by atomic mass is 19.1. The van der Waals surface area contributed by atoms with Gasteiger partial charge >= 0.3 is 0 Å². The summed E-state index contributed by atoms with van der Waals surface area (Å²) in [4.78, 5) is 16.5. The fourth-order valence-electron chi connectivity index (χ4n) is 2.65. The molecule has 1 aromatic rings. The maximum Gasteiger partial charge on any atom is 0.253 e. The average Bonchev–Trinajstić information content (AvgIpc) is 2.48. The fourth-order valence-corrected chi connectivity index (χ4v) is 2.65. The number of carbonyl (C=O) groups excluding carboxylic acids is 1. The molecule has 1 amide bonds. The number of hydrogen-bond acceptors (Lipinski definition) is 3. The minimum atomic E-state index is -0.537. The molecule has 0 spiro atoms. The lowest BCUT2D eigenvalue weighted by atomic mass is 10.0. The van der Waals surface area contributed by atoms with Crippen molar-refractivity contribution in [3.05, 3.63) is 29.6 Å². The SMILES string of the molecule is CCN1CCC(N(C)C(=O)c2ccc(N)c(F)c2)CC1. The molecule has 2 rings (SSSR count). The van der Waals surface area contributed by atoms with Gasteiger partial charge in [0.1, 0.15) is 5.82 Å². The highest BCUT2D eigenvalue weighted by Crippen LogP contribution is 2.19. The summed E-state index contributed by atoms with van der Waals surface area (Å²) < 4.78 is 13.4. The van der Waals surface area contributed by atoms with Gasteiger partial charge in [0, 0.05) is 31.7 Å². The van der Waals surface area contributed by atoms with E-state index >= 15 is 0 Å². The molecule has 4 nitrogen and oxygen atoms in total. The molecular formula is C15H22FN3O. The van der Waals surface area contributed by atoms with Crippen LogP contribution in [0.3, 0.4) is 0 Å². The summed E-state index contributed by atoms with van der Waals surface area (Å²) >= 11 is 0. The van der Waals surface area contributed by atoms with Gasteiger partial charge in [-0.05, 0) is 37.6 Å². The van der Waals surface area contributed by atoms with E-state index in [-0.39, 0.29) is 17.6 Å². The summed E-state index contributed by atoms with van der Waals surface area (Å²) in [7, 11) is 1.79. The summed E-state index contributed by atoms with van der Waals surface area (Å²) in [6.45, 7) is 5.21. The first-order chi connectivity index (χ1) is 9.52. The van der Waals surface area contributed by atoms with E-state index in [1.165, 1.54) is 12.1 Å². The van der Waals surface area contributed by atoms with Gasteiger partial charge in [0.15, 0.2) is 0 Å². The number of rotatable bonds is 3. The van der Waals surface area contributed by atoms with Crippen molar-refractivity contribution in [2.45, 2.75) is 25.8 Å². The lowest BCUT2D eigenvalue weighted by Gasteiger charge is -2.36. The molecule has 0 atom stereocenters. The number of nitrogen functional groups attached to an aromatic ring is 1. The second-order valence-electron chi connectivity index (χ2n) is 5.32. The normalized spacial score (nSPS) is 17.1. The monoisotopic (exact) mass is 279 g/mol. The standard InChI is InChI=1S/C15H22FN3O/c1-3-19-8-6-12(7-9-19)18(2)15(20)11-4-5-14(17)13(16)10-11/h4-5,10,12H,3,6-9,17H2,1-2H3. The van der Waals surface area contributed by atoms with Crippen LogP contribution in [0.5, 0.6) is 0 Å². The number of halogens is 1. The molecule has 2 N–H and O–H groups in total. The third-order valence-corrected chi connectivity index (χ3v) is 4.12. The zero-order valence-corrected chi connectivity index (χ0v) is 12.1. The summed E-state index contributed by atoms with van der Waals surface area (Å²) in [6.07, 6.45) is 1.93. The predicted octanol–water partition coefficient (Wildman–Crippen LogP) is 1.96. The van der Waals surface area contributed by atoms with Gasteiger partial charge in [-0.25, -0.2) is 4.39 Å². The van der Waals surface area contributed by atoms with Crippen molar-refractivity contribution in [2.75, 3.05) is 32.4 Å². The lowest BCUT2D eigenvalue weighted by molar-refractivity contribution is 0.0646. The molecule has 1 fully saturated rings. The van der Waals surface area contributed by atoms with Crippen LogP contribution in [-0.2, 0) is 0 Å². The van der Waals surface area contributed by atoms with Gasteiger partial charge in [-0.2, -0.15) is 0 Å². The van der Waals surface area contributed by atoms with Crippen molar-refractivity contribution in [3.63, 3.8) is 0 Å². The van der Waals surface area contributed by atoms with E-state index in [1.54, 1.807) is 18.0 Å². The van der Waals surface area contributed by atoms with Crippen LogP contribution < -0.4 is 5.73 Å². The summed E-state index contributed by atoms with van der Waals surface area (Å²) in [5.41, 5.74) is 5.86. The summed E-state index contributed by atoms with van der Waals surface area (Å²) in [5, 5.41) is 0. The predicted molar refractivity (Wildman–Crippen MR) is 78.0 cm³/mol. The third kappa shape index (κ3) is 3.10. The van der Waals surface area contributed by atoms with Crippen molar-refractivity contribution >= 4 is 11.6 Å². The molecule has 1 aliphatic heterocycles. The van der Waals surface area contributed by atoms with Crippen LogP contribution in [-0.4, -0.2) is 48.4 Å². The Morgan fingerprint density at radius 2 is 2.10 bits per heavy atom. The molecule has 0 aliphatic carbocycles. The number of anilines is 1. The van der Waals surface area contributed by atoms with Crippen molar-refractivity contribution in [2.24, 2.45) is 0 Å². The minimum Gasteiger partial charge on any atom is -0.396 e. The van der Waals surface area contributed by atoms with Crippen molar-refractivity contribution < 1.29 is 9.18 Å². The number of hydrogen-bond donors (Lipinski definition) is 1. The fraction of sp³-hybridized carbons (Fsp3) is 0.533. The van der Waals surface area contributed by atoms with E-state index in [4.69, 9.17) is 5.73 Å². The molecule has 0 saturated carbocycles. The third-order valence-electron chi connectivity index (χ3n) is 4.12. The van der Waals surface area contributed by atoms with Gasteiger partial charge in [0.25, 0.3) is 5.91 Å². The Morgan fingerprint density at radius 3 is 2.65 bits per heavy atom. The first-order valence-electron chi connectivity index (χ1n) is 7.07. The van der Waals surface area contributed by atoms with E-state index in [2.05, 4.69) is 11.8 Å².